The van der Waals surface area contributed by atoms with Crippen LogP contribution in [0.25, 0.3) is 5.52 Å². The summed E-state index contributed by atoms with van der Waals surface area (Å²) in [5, 5.41) is 4.41. The van der Waals surface area contributed by atoms with E-state index >= 15 is 0 Å². The number of hydrogen-bond acceptors (Lipinski definition) is 4. The molecule has 1 aliphatic carbocycles. The van der Waals surface area contributed by atoms with E-state index in [1.165, 1.54) is 0 Å². The summed E-state index contributed by atoms with van der Waals surface area (Å²) in [5.74, 6) is 1.80. The molecule has 0 amide bonds. The minimum atomic E-state index is -0.124. The summed E-state index contributed by atoms with van der Waals surface area (Å²) in [5.41, 5.74) is 6.64. The van der Waals surface area contributed by atoms with E-state index < -0.39 is 0 Å². The van der Waals surface area contributed by atoms with Gasteiger partial charge in [0.15, 0.2) is 5.52 Å². The number of aryl methyl sites for hydroxylation is 1. The molecule has 0 aliphatic heterocycles. The van der Waals surface area contributed by atoms with Crippen molar-refractivity contribution in [2.45, 2.75) is 32.2 Å². The molecule has 6 nitrogen and oxygen atoms in total. The molecule has 1 fully saturated rings. The number of fused-ring (bicyclic) bond motifs is 1. The number of hydrogen-bond donors (Lipinski definition) is 2. The smallest absolute Gasteiger partial charge is 0.277 e. The van der Waals surface area contributed by atoms with Gasteiger partial charge < -0.3 is 10.7 Å². The molecule has 1 aliphatic rings. The van der Waals surface area contributed by atoms with Gasteiger partial charge in [0.1, 0.15) is 11.6 Å². The monoisotopic (exact) mass is 219 g/mol. The summed E-state index contributed by atoms with van der Waals surface area (Å²) in [4.78, 5) is 19.0. The molecule has 2 heterocycles. The molecule has 0 atom stereocenters. The van der Waals surface area contributed by atoms with Crippen LogP contribution < -0.4 is 11.3 Å². The topological polar surface area (TPSA) is 89.1 Å². The number of imidazole rings is 1. The molecule has 3 rings (SSSR count). The molecular formula is C10H13N5O. The quantitative estimate of drug-likeness (QED) is 0.747. The van der Waals surface area contributed by atoms with Gasteiger partial charge in [0, 0.05) is 5.92 Å². The van der Waals surface area contributed by atoms with Crippen LogP contribution in [-0.2, 0) is 6.54 Å². The molecule has 0 bridgehead atoms. The van der Waals surface area contributed by atoms with Crippen LogP contribution in [0, 0.1) is 6.92 Å². The standard InChI is InChI=1S/C10H13N5O/c1-5-8-10(16)13-9(6-2-3-6)14-15(8)7(4-11)12-5/h6H,2-4,11H2,1H3,(H,13,14,16). The van der Waals surface area contributed by atoms with E-state index in [-0.39, 0.29) is 12.1 Å². The van der Waals surface area contributed by atoms with Crippen molar-refractivity contribution in [3.63, 3.8) is 0 Å². The Labute approximate surface area is 91.5 Å². The number of nitrogens with zero attached hydrogens (tertiary/aromatic N) is 3. The molecular weight excluding hydrogens is 206 g/mol. The van der Waals surface area contributed by atoms with Crippen molar-refractivity contribution in [2.24, 2.45) is 5.73 Å². The van der Waals surface area contributed by atoms with Gasteiger partial charge in [-0.15, -0.1) is 0 Å². The zero-order chi connectivity index (χ0) is 11.3. The Balaban J connectivity index is 2.34. The van der Waals surface area contributed by atoms with Gasteiger partial charge in [-0.25, -0.2) is 9.50 Å². The minimum absolute atomic E-state index is 0.124. The second kappa shape index (κ2) is 3.15. The van der Waals surface area contributed by atoms with E-state index in [4.69, 9.17) is 5.73 Å². The van der Waals surface area contributed by atoms with Crippen LogP contribution in [0.2, 0.25) is 0 Å². The first-order chi connectivity index (χ1) is 7.70. The van der Waals surface area contributed by atoms with E-state index in [9.17, 15) is 4.79 Å². The summed E-state index contributed by atoms with van der Waals surface area (Å²) >= 11 is 0. The third-order valence-electron chi connectivity index (χ3n) is 2.91. The van der Waals surface area contributed by atoms with Gasteiger partial charge >= 0.3 is 0 Å². The lowest BCUT2D eigenvalue weighted by molar-refractivity contribution is 0.743. The highest BCUT2D eigenvalue weighted by molar-refractivity contribution is 5.49. The molecule has 0 spiro atoms. The third kappa shape index (κ3) is 1.26. The number of rotatable bonds is 2. The fraction of sp³-hybridized carbons (Fsp3) is 0.500. The van der Waals surface area contributed by atoms with Crippen LogP contribution in [0.4, 0.5) is 0 Å². The molecule has 2 aromatic heterocycles. The maximum Gasteiger partial charge on any atom is 0.277 e. The van der Waals surface area contributed by atoms with Crippen LogP contribution in [-0.4, -0.2) is 19.6 Å². The summed E-state index contributed by atoms with van der Waals surface area (Å²) in [6.45, 7) is 2.08. The summed E-state index contributed by atoms with van der Waals surface area (Å²) in [7, 11) is 0. The molecule has 0 saturated heterocycles. The first-order valence-electron chi connectivity index (χ1n) is 5.39. The Kier molecular flexibility index (Phi) is 1.88. The van der Waals surface area contributed by atoms with Crippen molar-refractivity contribution in [2.75, 3.05) is 0 Å². The van der Waals surface area contributed by atoms with E-state index in [0.29, 0.717) is 23.0 Å². The highest BCUT2D eigenvalue weighted by atomic mass is 16.1. The maximum atomic E-state index is 11.9. The average molecular weight is 219 g/mol. The van der Waals surface area contributed by atoms with Crippen LogP contribution in [0.1, 0.15) is 36.1 Å². The van der Waals surface area contributed by atoms with Crippen LogP contribution >= 0.6 is 0 Å². The minimum Gasteiger partial charge on any atom is -0.324 e. The number of H-pyrrole nitrogens is 1. The van der Waals surface area contributed by atoms with Gasteiger partial charge in [-0.05, 0) is 19.8 Å². The number of aromatic nitrogens is 4. The Morgan fingerprint density at radius 3 is 2.94 bits per heavy atom. The van der Waals surface area contributed by atoms with Gasteiger partial charge in [-0.3, -0.25) is 4.79 Å². The molecule has 1 saturated carbocycles. The molecule has 6 heteroatoms. The van der Waals surface area contributed by atoms with Crippen LogP contribution in [0.15, 0.2) is 4.79 Å². The SMILES string of the molecule is Cc1nc(CN)n2nc(C3CC3)[nH]c(=O)c12. The van der Waals surface area contributed by atoms with E-state index in [2.05, 4.69) is 15.1 Å². The summed E-state index contributed by atoms with van der Waals surface area (Å²) in [6, 6.07) is 0. The Bertz CT molecular complexity index is 607. The second-order valence-electron chi connectivity index (χ2n) is 4.19. The van der Waals surface area contributed by atoms with E-state index in [1.807, 2.05) is 0 Å². The molecule has 0 aromatic carbocycles. The highest BCUT2D eigenvalue weighted by Gasteiger charge is 2.27. The second-order valence-corrected chi connectivity index (χ2v) is 4.19. The Hall–Kier alpha value is -1.69. The summed E-state index contributed by atoms with van der Waals surface area (Å²) < 4.78 is 1.59. The lowest BCUT2D eigenvalue weighted by Crippen LogP contribution is -2.17. The predicted octanol–water partition coefficient (Wildman–Crippen LogP) is 0.0621. The third-order valence-corrected chi connectivity index (χ3v) is 2.91. The van der Waals surface area contributed by atoms with Crippen molar-refractivity contribution < 1.29 is 0 Å². The lowest BCUT2D eigenvalue weighted by atomic mass is 10.4. The number of nitrogens with one attached hydrogen (secondary N) is 1. The highest BCUT2D eigenvalue weighted by Crippen LogP contribution is 2.37. The number of nitrogens with two attached hydrogens (primary N) is 1. The van der Waals surface area contributed by atoms with Crippen molar-refractivity contribution in [1.82, 2.24) is 19.6 Å². The summed E-state index contributed by atoms with van der Waals surface area (Å²) in [6.07, 6.45) is 2.19. The van der Waals surface area contributed by atoms with Gasteiger partial charge in [0.05, 0.1) is 12.2 Å². The molecule has 84 valence electrons. The lowest BCUT2D eigenvalue weighted by Gasteiger charge is -2.00. The van der Waals surface area contributed by atoms with E-state index in [1.54, 1.807) is 11.4 Å². The first-order valence-corrected chi connectivity index (χ1v) is 5.39. The van der Waals surface area contributed by atoms with Crippen molar-refractivity contribution in [3.8, 4) is 0 Å². The van der Waals surface area contributed by atoms with Gasteiger partial charge in [0.25, 0.3) is 5.56 Å². The van der Waals surface area contributed by atoms with Crippen molar-refractivity contribution in [1.29, 1.82) is 0 Å². The first kappa shape index (κ1) is 9.53. The van der Waals surface area contributed by atoms with Gasteiger partial charge in [-0.1, -0.05) is 0 Å². The van der Waals surface area contributed by atoms with Gasteiger partial charge in [0.2, 0.25) is 0 Å². The molecule has 0 radical (unpaired) electrons. The zero-order valence-corrected chi connectivity index (χ0v) is 9.03. The van der Waals surface area contributed by atoms with Crippen molar-refractivity contribution in [3.05, 3.63) is 27.7 Å². The van der Waals surface area contributed by atoms with E-state index in [0.717, 1.165) is 18.7 Å². The fourth-order valence-electron chi connectivity index (χ4n) is 1.93. The molecule has 0 unspecified atom stereocenters. The maximum absolute atomic E-state index is 11.9. The zero-order valence-electron chi connectivity index (χ0n) is 9.03. The van der Waals surface area contributed by atoms with Crippen molar-refractivity contribution >= 4 is 5.52 Å². The van der Waals surface area contributed by atoms with Crippen LogP contribution in [0.3, 0.4) is 0 Å². The molecule has 2 aromatic rings. The fourth-order valence-corrected chi connectivity index (χ4v) is 1.93. The van der Waals surface area contributed by atoms with Crippen LogP contribution in [0.5, 0.6) is 0 Å². The predicted molar refractivity (Wildman–Crippen MR) is 58.2 cm³/mol. The normalized spacial score (nSPS) is 15.9. The molecule has 16 heavy (non-hydrogen) atoms. The Morgan fingerprint density at radius 2 is 2.31 bits per heavy atom. The average Bonchev–Trinajstić information content (AvgIpc) is 3.04. The van der Waals surface area contributed by atoms with Gasteiger partial charge in [-0.2, -0.15) is 5.10 Å². The number of aromatic amines is 1. The largest absolute Gasteiger partial charge is 0.324 e. The molecule has 3 N–H and O–H groups in total. The Morgan fingerprint density at radius 1 is 1.56 bits per heavy atom.